The summed E-state index contributed by atoms with van der Waals surface area (Å²) in [5.41, 5.74) is 1.79. The van der Waals surface area contributed by atoms with Gasteiger partial charge in [-0.1, -0.05) is 6.07 Å². The van der Waals surface area contributed by atoms with Crippen LogP contribution >= 0.6 is 11.3 Å². The zero-order valence-corrected chi connectivity index (χ0v) is 12.2. The number of nitrogens with zero attached hydrogens (tertiary/aromatic N) is 1. The van der Waals surface area contributed by atoms with E-state index in [1.54, 1.807) is 17.4 Å². The summed E-state index contributed by atoms with van der Waals surface area (Å²) >= 11 is 1.57. The van der Waals surface area contributed by atoms with Crippen molar-refractivity contribution >= 4 is 11.3 Å². The lowest BCUT2D eigenvalue weighted by atomic mass is 10.2. The topological polar surface area (TPSA) is 34.1 Å². The van der Waals surface area contributed by atoms with Crippen LogP contribution in [0.25, 0.3) is 0 Å². The van der Waals surface area contributed by atoms with Gasteiger partial charge in [0.1, 0.15) is 6.61 Å². The molecule has 2 aromatic rings. The number of nitrogens with one attached hydrogen (secondary N) is 1. The Morgan fingerprint density at radius 3 is 2.95 bits per heavy atom. The molecule has 1 fully saturated rings. The van der Waals surface area contributed by atoms with Crippen LogP contribution in [-0.4, -0.2) is 11.0 Å². The summed E-state index contributed by atoms with van der Waals surface area (Å²) in [6, 6.07) is 5.76. The Kier molecular flexibility index (Phi) is 3.98. The lowest BCUT2D eigenvalue weighted by Gasteiger charge is -2.08. The Morgan fingerprint density at radius 1 is 1.45 bits per heavy atom. The Bertz CT molecular complexity index is 595. The second-order valence-electron chi connectivity index (χ2n) is 5.07. The molecule has 0 spiro atoms. The molecule has 1 N–H and O–H groups in total. The summed E-state index contributed by atoms with van der Waals surface area (Å²) in [6.07, 6.45) is 2.47. The normalized spacial score (nSPS) is 14.5. The Balaban J connectivity index is 1.58. The molecule has 0 saturated heterocycles. The number of halogens is 1. The Labute approximate surface area is 121 Å². The van der Waals surface area contributed by atoms with Gasteiger partial charge in [0.15, 0.2) is 11.6 Å². The first kappa shape index (κ1) is 13.5. The van der Waals surface area contributed by atoms with Gasteiger partial charge in [0.2, 0.25) is 0 Å². The van der Waals surface area contributed by atoms with Crippen molar-refractivity contribution in [3.05, 3.63) is 45.7 Å². The monoisotopic (exact) mass is 292 g/mol. The lowest BCUT2D eigenvalue weighted by molar-refractivity contribution is 0.286. The zero-order chi connectivity index (χ0) is 13.9. The fraction of sp³-hybridized carbons (Fsp3) is 0.400. The van der Waals surface area contributed by atoms with E-state index < -0.39 is 0 Å². The van der Waals surface area contributed by atoms with Crippen molar-refractivity contribution in [2.24, 2.45) is 0 Å². The molecular weight excluding hydrogens is 275 g/mol. The average molecular weight is 292 g/mol. The molecule has 0 aliphatic heterocycles. The van der Waals surface area contributed by atoms with Gasteiger partial charge >= 0.3 is 0 Å². The van der Waals surface area contributed by atoms with Crippen molar-refractivity contribution in [2.75, 3.05) is 0 Å². The molecule has 1 aromatic heterocycles. The summed E-state index contributed by atoms with van der Waals surface area (Å²) in [5, 5.41) is 6.29. The third kappa shape index (κ3) is 3.55. The summed E-state index contributed by atoms with van der Waals surface area (Å²) in [7, 11) is 0. The minimum atomic E-state index is -0.313. The summed E-state index contributed by atoms with van der Waals surface area (Å²) < 4.78 is 19.4. The maximum atomic E-state index is 13.9. The first-order valence-corrected chi connectivity index (χ1v) is 7.64. The third-order valence-corrected chi connectivity index (χ3v) is 4.03. The van der Waals surface area contributed by atoms with E-state index in [4.69, 9.17) is 4.74 Å². The highest BCUT2D eigenvalue weighted by Gasteiger charge is 2.20. The number of thiazole rings is 1. The smallest absolute Gasteiger partial charge is 0.165 e. The molecule has 1 aromatic carbocycles. The second kappa shape index (κ2) is 5.89. The number of aromatic nitrogens is 1. The van der Waals surface area contributed by atoms with Crippen molar-refractivity contribution in [1.29, 1.82) is 0 Å². The van der Waals surface area contributed by atoms with Gasteiger partial charge in [0.05, 0.1) is 10.7 Å². The van der Waals surface area contributed by atoms with E-state index in [1.165, 1.54) is 18.9 Å². The number of rotatable bonds is 6. The summed E-state index contributed by atoms with van der Waals surface area (Å²) in [6.45, 7) is 2.96. The Hall–Kier alpha value is -1.46. The van der Waals surface area contributed by atoms with Crippen LogP contribution in [0.1, 0.15) is 29.1 Å². The van der Waals surface area contributed by atoms with Gasteiger partial charge < -0.3 is 10.1 Å². The van der Waals surface area contributed by atoms with Crippen LogP contribution in [0.4, 0.5) is 4.39 Å². The number of aryl methyl sites for hydroxylation is 1. The van der Waals surface area contributed by atoms with E-state index in [2.05, 4.69) is 10.3 Å². The second-order valence-corrected chi connectivity index (χ2v) is 6.13. The first-order valence-electron chi connectivity index (χ1n) is 6.76. The minimum absolute atomic E-state index is 0.283. The highest BCUT2D eigenvalue weighted by molar-refractivity contribution is 7.09. The van der Waals surface area contributed by atoms with Crippen molar-refractivity contribution in [3.8, 4) is 5.75 Å². The van der Waals surface area contributed by atoms with Gasteiger partial charge in [0, 0.05) is 18.0 Å². The van der Waals surface area contributed by atoms with Crippen molar-refractivity contribution in [1.82, 2.24) is 10.3 Å². The maximum absolute atomic E-state index is 13.9. The molecular formula is C15H17FN2OS. The highest BCUT2D eigenvalue weighted by atomic mass is 32.1. The molecule has 0 unspecified atom stereocenters. The largest absolute Gasteiger partial charge is 0.484 e. The van der Waals surface area contributed by atoms with Gasteiger partial charge in [-0.3, -0.25) is 0 Å². The molecule has 0 bridgehead atoms. The van der Waals surface area contributed by atoms with Crippen LogP contribution in [0, 0.1) is 12.7 Å². The summed E-state index contributed by atoms with van der Waals surface area (Å²) in [5.74, 6) is -0.0297. The van der Waals surface area contributed by atoms with Crippen LogP contribution in [0.15, 0.2) is 23.6 Å². The zero-order valence-electron chi connectivity index (χ0n) is 11.4. The fourth-order valence-electron chi connectivity index (χ4n) is 1.95. The van der Waals surface area contributed by atoms with Gasteiger partial charge in [-0.05, 0) is 37.5 Å². The molecule has 3 rings (SSSR count). The van der Waals surface area contributed by atoms with E-state index in [-0.39, 0.29) is 11.6 Å². The molecule has 0 atom stereocenters. The number of benzene rings is 1. The third-order valence-electron chi connectivity index (χ3n) is 3.21. The highest BCUT2D eigenvalue weighted by Crippen LogP contribution is 2.22. The van der Waals surface area contributed by atoms with Crippen molar-refractivity contribution in [3.63, 3.8) is 0 Å². The van der Waals surface area contributed by atoms with Crippen LogP contribution in [0.2, 0.25) is 0 Å². The molecule has 106 valence electrons. The molecule has 3 nitrogen and oxygen atoms in total. The summed E-state index contributed by atoms with van der Waals surface area (Å²) in [4.78, 5) is 4.29. The number of hydrogen-bond donors (Lipinski definition) is 1. The standard InChI is InChI=1S/C15H17FN2OS/c1-10-18-13(9-20-10)8-19-15-5-2-11(6-14(15)16)7-17-12-3-4-12/h2,5-6,9,12,17H,3-4,7-8H2,1H3. The van der Waals surface area contributed by atoms with Crippen LogP contribution in [0.5, 0.6) is 5.75 Å². The molecule has 1 saturated carbocycles. The van der Waals surface area contributed by atoms with E-state index in [0.717, 1.165) is 16.3 Å². The van der Waals surface area contributed by atoms with E-state index >= 15 is 0 Å². The maximum Gasteiger partial charge on any atom is 0.165 e. The molecule has 0 radical (unpaired) electrons. The predicted octanol–water partition coefficient (Wildman–Crippen LogP) is 3.42. The van der Waals surface area contributed by atoms with E-state index in [1.807, 2.05) is 18.4 Å². The van der Waals surface area contributed by atoms with Crippen LogP contribution < -0.4 is 10.1 Å². The lowest BCUT2D eigenvalue weighted by Crippen LogP contribution is -2.15. The Morgan fingerprint density at radius 2 is 2.30 bits per heavy atom. The van der Waals surface area contributed by atoms with E-state index in [0.29, 0.717) is 19.2 Å². The molecule has 1 aliphatic carbocycles. The number of hydrogen-bond acceptors (Lipinski definition) is 4. The van der Waals surface area contributed by atoms with Gasteiger partial charge in [0.25, 0.3) is 0 Å². The van der Waals surface area contributed by atoms with Gasteiger partial charge in [-0.25, -0.2) is 9.37 Å². The van der Waals surface area contributed by atoms with Gasteiger partial charge in [-0.2, -0.15) is 0 Å². The molecule has 20 heavy (non-hydrogen) atoms. The minimum Gasteiger partial charge on any atom is -0.484 e. The van der Waals surface area contributed by atoms with Crippen molar-refractivity contribution in [2.45, 2.75) is 39.0 Å². The quantitative estimate of drug-likeness (QED) is 0.886. The van der Waals surface area contributed by atoms with Crippen LogP contribution in [0.3, 0.4) is 0 Å². The first-order chi connectivity index (χ1) is 9.70. The van der Waals surface area contributed by atoms with Gasteiger partial charge in [-0.15, -0.1) is 11.3 Å². The molecule has 5 heteroatoms. The number of ether oxygens (including phenoxy) is 1. The average Bonchev–Trinajstić information content (AvgIpc) is 3.17. The van der Waals surface area contributed by atoms with Crippen LogP contribution in [-0.2, 0) is 13.2 Å². The van der Waals surface area contributed by atoms with E-state index in [9.17, 15) is 4.39 Å². The molecule has 1 aliphatic rings. The SMILES string of the molecule is Cc1nc(COc2ccc(CNC3CC3)cc2F)cs1. The predicted molar refractivity (Wildman–Crippen MR) is 77.4 cm³/mol. The van der Waals surface area contributed by atoms with Crippen molar-refractivity contribution < 1.29 is 9.13 Å². The molecule has 0 amide bonds. The fourth-order valence-corrected chi connectivity index (χ4v) is 2.54. The molecule has 1 heterocycles.